The van der Waals surface area contributed by atoms with Crippen LogP contribution in [0.25, 0.3) is 11.0 Å². The maximum absolute atomic E-state index is 11.5. The molecule has 1 aliphatic rings. The van der Waals surface area contributed by atoms with E-state index in [1.54, 1.807) is 12.1 Å². The molecule has 21 heavy (non-hydrogen) atoms. The molecule has 1 aromatic heterocycles. The molecule has 4 heteroatoms. The summed E-state index contributed by atoms with van der Waals surface area (Å²) in [6.45, 7) is 6.56. The number of hydrogen-bond acceptors (Lipinski definition) is 2. The SMILES string of the molecule is Cc1nc2cccc(C(=O)O)c2n1C1CC(C)CC(C)C1. The Morgan fingerprint density at radius 2 is 1.90 bits per heavy atom. The molecule has 1 heterocycles. The molecular weight excluding hydrogens is 264 g/mol. The fourth-order valence-electron chi connectivity index (χ4n) is 4.00. The third kappa shape index (κ3) is 2.43. The van der Waals surface area contributed by atoms with Crippen LogP contribution in [0.5, 0.6) is 0 Å². The lowest BCUT2D eigenvalue weighted by atomic mass is 9.80. The van der Waals surface area contributed by atoms with Gasteiger partial charge in [0.15, 0.2) is 0 Å². The van der Waals surface area contributed by atoms with Crippen LogP contribution in [0.1, 0.15) is 55.3 Å². The lowest BCUT2D eigenvalue weighted by molar-refractivity contribution is 0.0698. The molecule has 0 spiro atoms. The predicted molar refractivity (Wildman–Crippen MR) is 82.6 cm³/mol. The summed E-state index contributed by atoms with van der Waals surface area (Å²) in [5.74, 6) is 1.39. The van der Waals surface area contributed by atoms with Crippen LogP contribution >= 0.6 is 0 Å². The van der Waals surface area contributed by atoms with Gasteiger partial charge in [-0.3, -0.25) is 0 Å². The number of carboxylic acids is 1. The fourth-order valence-corrected chi connectivity index (χ4v) is 4.00. The molecule has 1 aliphatic carbocycles. The Bertz CT molecular complexity index is 679. The summed E-state index contributed by atoms with van der Waals surface area (Å²) in [4.78, 5) is 16.1. The first-order chi connectivity index (χ1) is 9.97. The highest BCUT2D eigenvalue weighted by Gasteiger charge is 2.28. The first-order valence-electron chi connectivity index (χ1n) is 7.68. The van der Waals surface area contributed by atoms with Crippen LogP contribution in [0.3, 0.4) is 0 Å². The zero-order valence-corrected chi connectivity index (χ0v) is 12.8. The van der Waals surface area contributed by atoms with E-state index in [4.69, 9.17) is 0 Å². The first-order valence-corrected chi connectivity index (χ1v) is 7.68. The topological polar surface area (TPSA) is 55.1 Å². The summed E-state index contributed by atoms with van der Waals surface area (Å²) in [6, 6.07) is 5.71. The molecule has 0 saturated heterocycles. The molecular formula is C17H22N2O2. The van der Waals surface area contributed by atoms with Crippen molar-refractivity contribution in [3.63, 3.8) is 0 Å². The number of rotatable bonds is 2. The number of nitrogens with zero attached hydrogens (tertiary/aromatic N) is 2. The van der Waals surface area contributed by atoms with E-state index in [2.05, 4.69) is 23.4 Å². The van der Waals surface area contributed by atoms with Crippen molar-refractivity contribution in [3.8, 4) is 0 Å². The minimum atomic E-state index is -0.876. The molecule has 1 aromatic carbocycles. The van der Waals surface area contributed by atoms with Gasteiger partial charge in [-0.2, -0.15) is 0 Å². The molecule has 0 amide bonds. The largest absolute Gasteiger partial charge is 0.478 e. The number of hydrogen-bond donors (Lipinski definition) is 1. The van der Waals surface area contributed by atoms with Crippen LogP contribution in [-0.4, -0.2) is 20.6 Å². The Hall–Kier alpha value is -1.84. The number of carboxylic acid groups (broad SMARTS) is 1. The van der Waals surface area contributed by atoms with Crippen molar-refractivity contribution < 1.29 is 9.90 Å². The molecule has 0 bridgehead atoms. The van der Waals surface area contributed by atoms with Crippen LogP contribution in [0.15, 0.2) is 18.2 Å². The van der Waals surface area contributed by atoms with E-state index in [0.29, 0.717) is 23.4 Å². The summed E-state index contributed by atoms with van der Waals surface area (Å²) < 4.78 is 2.17. The molecule has 3 rings (SSSR count). The van der Waals surface area contributed by atoms with Crippen molar-refractivity contribution in [2.75, 3.05) is 0 Å². The highest BCUT2D eigenvalue weighted by molar-refractivity contribution is 6.01. The smallest absolute Gasteiger partial charge is 0.337 e. The lowest BCUT2D eigenvalue weighted by Crippen LogP contribution is -2.23. The van der Waals surface area contributed by atoms with E-state index in [-0.39, 0.29) is 0 Å². The Kier molecular flexibility index (Phi) is 3.47. The van der Waals surface area contributed by atoms with Crippen molar-refractivity contribution in [1.82, 2.24) is 9.55 Å². The van der Waals surface area contributed by atoms with Gasteiger partial charge in [0.25, 0.3) is 0 Å². The molecule has 1 N–H and O–H groups in total. The minimum Gasteiger partial charge on any atom is -0.478 e. The van der Waals surface area contributed by atoms with Crippen molar-refractivity contribution >= 4 is 17.0 Å². The lowest BCUT2D eigenvalue weighted by Gasteiger charge is -2.33. The summed E-state index contributed by atoms with van der Waals surface area (Å²) in [7, 11) is 0. The van der Waals surface area contributed by atoms with Gasteiger partial charge in [0.1, 0.15) is 5.82 Å². The van der Waals surface area contributed by atoms with Crippen molar-refractivity contribution in [2.24, 2.45) is 11.8 Å². The monoisotopic (exact) mass is 286 g/mol. The summed E-state index contributed by atoms with van der Waals surface area (Å²) in [6.07, 6.45) is 3.46. The summed E-state index contributed by atoms with van der Waals surface area (Å²) >= 11 is 0. The number of aryl methyl sites for hydroxylation is 1. The quantitative estimate of drug-likeness (QED) is 0.906. The predicted octanol–water partition coefficient (Wildman–Crippen LogP) is 4.04. The number of aromatic carboxylic acids is 1. The zero-order chi connectivity index (χ0) is 15.1. The molecule has 2 atom stereocenters. The third-order valence-electron chi connectivity index (χ3n) is 4.64. The molecule has 112 valence electrons. The van der Waals surface area contributed by atoms with Gasteiger partial charge >= 0.3 is 5.97 Å². The van der Waals surface area contributed by atoms with E-state index in [1.807, 2.05) is 13.0 Å². The number of para-hydroxylation sites is 1. The highest BCUT2D eigenvalue weighted by atomic mass is 16.4. The van der Waals surface area contributed by atoms with Crippen LogP contribution in [0.4, 0.5) is 0 Å². The highest BCUT2D eigenvalue weighted by Crippen LogP contribution is 2.38. The van der Waals surface area contributed by atoms with Gasteiger partial charge < -0.3 is 9.67 Å². The number of benzene rings is 1. The average Bonchev–Trinajstić information content (AvgIpc) is 2.72. The number of aromatic nitrogens is 2. The molecule has 4 nitrogen and oxygen atoms in total. The molecule has 0 radical (unpaired) electrons. The average molecular weight is 286 g/mol. The van der Waals surface area contributed by atoms with E-state index < -0.39 is 5.97 Å². The third-order valence-corrected chi connectivity index (χ3v) is 4.64. The van der Waals surface area contributed by atoms with Crippen molar-refractivity contribution in [2.45, 2.75) is 46.1 Å². The second kappa shape index (κ2) is 5.17. The van der Waals surface area contributed by atoms with E-state index >= 15 is 0 Å². The summed E-state index contributed by atoms with van der Waals surface area (Å²) in [5, 5.41) is 9.48. The fraction of sp³-hybridized carbons (Fsp3) is 0.529. The molecule has 1 saturated carbocycles. The molecule has 1 fully saturated rings. The van der Waals surface area contributed by atoms with Crippen LogP contribution in [-0.2, 0) is 0 Å². The molecule has 0 aliphatic heterocycles. The normalized spacial score (nSPS) is 26.1. The molecule has 2 aromatic rings. The Labute approximate surface area is 124 Å². The minimum absolute atomic E-state index is 0.356. The number of imidazole rings is 1. The van der Waals surface area contributed by atoms with Gasteiger partial charge in [0, 0.05) is 6.04 Å². The summed E-state index contributed by atoms with van der Waals surface area (Å²) in [5.41, 5.74) is 1.94. The Balaban J connectivity index is 2.17. The van der Waals surface area contributed by atoms with Gasteiger partial charge in [0.05, 0.1) is 16.6 Å². The van der Waals surface area contributed by atoms with Crippen LogP contribution in [0.2, 0.25) is 0 Å². The van der Waals surface area contributed by atoms with Gasteiger partial charge in [-0.25, -0.2) is 9.78 Å². The van der Waals surface area contributed by atoms with E-state index in [1.165, 1.54) is 6.42 Å². The second-order valence-electron chi connectivity index (χ2n) is 6.58. The van der Waals surface area contributed by atoms with Crippen molar-refractivity contribution in [3.05, 3.63) is 29.6 Å². The maximum atomic E-state index is 11.5. The van der Waals surface area contributed by atoms with Crippen LogP contribution in [0, 0.1) is 18.8 Å². The maximum Gasteiger partial charge on any atom is 0.337 e. The molecule has 2 unspecified atom stereocenters. The van der Waals surface area contributed by atoms with Crippen molar-refractivity contribution in [1.29, 1.82) is 0 Å². The van der Waals surface area contributed by atoms with Crippen LogP contribution < -0.4 is 0 Å². The van der Waals surface area contributed by atoms with Gasteiger partial charge in [-0.1, -0.05) is 19.9 Å². The van der Waals surface area contributed by atoms with Gasteiger partial charge in [0.2, 0.25) is 0 Å². The number of fused-ring (bicyclic) bond motifs is 1. The van der Waals surface area contributed by atoms with Gasteiger partial charge in [-0.05, 0) is 50.2 Å². The second-order valence-corrected chi connectivity index (χ2v) is 6.58. The van der Waals surface area contributed by atoms with E-state index in [9.17, 15) is 9.90 Å². The van der Waals surface area contributed by atoms with E-state index in [0.717, 1.165) is 29.7 Å². The first kappa shape index (κ1) is 14.1. The van der Waals surface area contributed by atoms with Gasteiger partial charge in [-0.15, -0.1) is 0 Å². The number of carbonyl (C=O) groups is 1. The Morgan fingerprint density at radius 3 is 2.52 bits per heavy atom. The zero-order valence-electron chi connectivity index (χ0n) is 12.8. The standard InChI is InChI=1S/C17H22N2O2/c1-10-7-11(2)9-13(8-10)19-12(3)18-15-6-4-5-14(16(15)19)17(20)21/h4-6,10-11,13H,7-9H2,1-3H3,(H,20,21). The Morgan fingerprint density at radius 1 is 1.24 bits per heavy atom.